The van der Waals surface area contributed by atoms with Gasteiger partial charge in [-0.1, -0.05) is 151 Å². The third kappa shape index (κ3) is 6.10. The number of imidazole rings is 1. The first-order valence-corrected chi connectivity index (χ1v) is 22.6. The molecule has 0 saturated heterocycles. The van der Waals surface area contributed by atoms with E-state index in [0.29, 0.717) is 28.2 Å². The van der Waals surface area contributed by atoms with Crippen molar-refractivity contribution in [3.05, 3.63) is 225 Å². The number of anilines is 3. The first-order valence-electron chi connectivity index (χ1n) is 22.1. The van der Waals surface area contributed by atoms with Gasteiger partial charge in [-0.2, -0.15) is 18.2 Å². The molecule has 0 saturated carbocycles. The van der Waals surface area contributed by atoms with Gasteiger partial charge in [0.05, 0.1) is 27.8 Å². The van der Waals surface area contributed by atoms with Crippen LogP contribution in [0.25, 0.3) is 44.3 Å². The Bertz CT molecular complexity index is 3520. The van der Waals surface area contributed by atoms with E-state index in [1.807, 2.05) is 54.7 Å². The molecule has 0 unspecified atom stereocenters. The second kappa shape index (κ2) is 15.5. The van der Waals surface area contributed by atoms with Gasteiger partial charge in [0.15, 0.2) is 8.07 Å². The average molecular weight is 1010 g/mol. The number of ether oxygens (including phenoxy) is 1. The third-order valence-corrected chi connectivity index (χ3v) is 16.9. The van der Waals surface area contributed by atoms with Crippen LogP contribution in [0.3, 0.4) is 0 Å². The predicted octanol–water partition coefficient (Wildman–Crippen LogP) is 9.30. The minimum atomic E-state index is -2.78. The average Bonchev–Trinajstić information content (AvgIpc) is 3.91. The molecule has 0 N–H and O–H groups in total. The fraction of sp³-hybridized carbons (Fsp3) is 0.0182. The molecule has 8 heteroatoms. The van der Waals surface area contributed by atoms with Crippen LogP contribution in [0.2, 0.25) is 0 Å². The Hall–Kier alpha value is -7.31. The smallest absolute Gasteiger partial charge is 0.242 e. The van der Waals surface area contributed by atoms with Gasteiger partial charge in [0.25, 0.3) is 0 Å². The predicted molar refractivity (Wildman–Crippen MR) is 251 cm³/mol. The van der Waals surface area contributed by atoms with Crippen LogP contribution >= 0.6 is 0 Å². The summed E-state index contributed by atoms with van der Waals surface area (Å²) in [4.78, 5) is 7.44. The van der Waals surface area contributed by atoms with E-state index in [9.17, 15) is 0 Å². The maximum atomic E-state index is 8.11. The zero-order chi connectivity index (χ0) is 43.7. The van der Waals surface area contributed by atoms with E-state index in [-0.39, 0.29) is 21.1 Å². The number of aromatic nitrogens is 4. The second-order valence-corrected chi connectivity index (χ2v) is 19.2. The van der Waals surface area contributed by atoms with E-state index in [2.05, 4.69) is 174 Å². The molecule has 4 heterocycles. The summed E-state index contributed by atoms with van der Waals surface area (Å²) in [6.45, 7) is -2.41. The molecular formula is C55H37N5OPtSi-2. The molecule has 8 aromatic carbocycles. The van der Waals surface area contributed by atoms with Crippen molar-refractivity contribution in [2.75, 3.05) is 4.90 Å². The molecule has 0 amide bonds. The number of para-hydroxylation sites is 5. The molecule has 0 aliphatic carbocycles. The van der Waals surface area contributed by atoms with Crippen LogP contribution in [0.1, 0.15) is 4.11 Å². The van der Waals surface area contributed by atoms with E-state index in [0.717, 1.165) is 44.7 Å². The summed E-state index contributed by atoms with van der Waals surface area (Å²) in [5.41, 5.74) is 6.89. The molecule has 0 fully saturated rings. The Balaban J connectivity index is 0.00000481. The fourth-order valence-electron chi connectivity index (χ4n) is 9.51. The fourth-order valence-corrected chi connectivity index (χ4v) is 14.6. The topological polar surface area (TPSA) is 39.1 Å². The summed E-state index contributed by atoms with van der Waals surface area (Å²) in [5, 5.41) is 7.39. The Labute approximate surface area is 385 Å². The molecule has 1 aliphatic rings. The molecule has 11 aromatic rings. The van der Waals surface area contributed by atoms with Crippen molar-refractivity contribution in [2.24, 2.45) is 6.98 Å². The van der Waals surface area contributed by atoms with E-state index >= 15 is 0 Å². The monoisotopic (exact) mass is 1010 g/mol. The number of hydrogen-bond acceptors (Lipinski definition) is 3. The van der Waals surface area contributed by atoms with Crippen LogP contribution in [0.15, 0.2) is 206 Å². The summed E-state index contributed by atoms with van der Waals surface area (Å²) in [6.07, 6.45) is 4.92. The van der Waals surface area contributed by atoms with E-state index in [4.69, 9.17) is 13.8 Å². The summed E-state index contributed by atoms with van der Waals surface area (Å²) < 4.78 is 35.9. The number of benzene rings is 8. The first kappa shape index (κ1) is 35.3. The third-order valence-electron chi connectivity index (χ3n) is 12.1. The number of rotatable bonds is 7. The maximum absolute atomic E-state index is 8.11. The molecule has 6 nitrogen and oxygen atoms in total. The number of aryl methyl sites for hydroxylation is 1. The second-order valence-electron chi connectivity index (χ2n) is 15.4. The molecule has 0 radical (unpaired) electrons. The van der Waals surface area contributed by atoms with Gasteiger partial charge >= 0.3 is 0 Å². The molecule has 304 valence electrons. The van der Waals surface area contributed by atoms with Crippen molar-refractivity contribution in [1.82, 2.24) is 14.1 Å². The van der Waals surface area contributed by atoms with Gasteiger partial charge in [0, 0.05) is 61.7 Å². The van der Waals surface area contributed by atoms with Crippen LogP contribution in [0.5, 0.6) is 11.5 Å². The van der Waals surface area contributed by atoms with Gasteiger partial charge in [-0.3, -0.25) is 0 Å². The van der Waals surface area contributed by atoms with Crippen LogP contribution < -0.4 is 35.0 Å². The van der Waals surface area contributed by atoms with Gasteiger partial charge in [-0.05, 0) is 50.4 Å². The van der Waals surface area contributed by atoms with Crippen molar-refractivity contribution >= 4 is 78.7 Å². The van der Waals surface area contributed by atoms with Crippen LogP contribution in [0, 0.1) is 18.5 Å². The van der Waals surface area contributed by atoms with E-state index in [1.165, 1.54) is 25.3 Å². The molecule has 0 spiro atoms. The van der Waals surface area contributed by atoms with Crippen molar-refractivity contribution in [1.29, 1.82) is 0 Å². The Morgan fingerprint density at radius 1 is 0.587 bits per heavy atom. The minimum absolute atomic E-state index is 0. The van der Waals surface area contributed by atoms with Crippen molar-refractivity contribution in [3.8, 4) is 23.0 Å². The normalized spacial score (nSPS) is 13.7. The molecule has 0 atom stereocenters. The number of pyridine rings is 1. The summed E-state index contributed by atoms with van der Waals surface area (Å²) in [6, 6.07) is 76.3. The quantitative estimate of drug-likeness (QED) is 0.0909. The van der Waals surface area contributed by atoms with Crippen molar-refractivity contribution < 1.29 is 34.5 Å². The molecule has 63 heavy (non-hydrogen) atoms. The summed E-state index contributed by atoms with van der Waals surface area (Å²) in [7, 11) is -2.78. The van der Waals surface area contributed by atoms with Crippen molar-refractivity contribution in [2.45, 2.75) is 0 Å². The van der Waals surface area contributed by atoms with Crippen LogP contribution in [-0.4, -0.2) is 22.2 Å². The van der Waals surface area contributed by atoms with E-state index < -0.39 is 15.0 Å². The number of fused-ring (bicyclic) bond motifs is 6. The molecular weight excluding hydrogens is 970 g/mol. The Morgan fingerprint density at radius 2 is 1.22 bits per heavy atom. The summed E-state index contributed by atoms with van der Waals surface area (Å²) >= 11 is 0. The number of nitrogens with zero attached hydrogens (tertiary/aromatic N) is 5. The van der Waals surface area contributed by atoms with Crippen molar-refractivity contribution in [3.63, 3.8) is 0 Å². The van der Waals surface area contributed by atoms with Crippen LogP contribution in [0.4, 0.5) is 17.1 Å². The Morgan fingerprint density at radius 3 is 1.95 bits per heavy atom. The molecule has 1 aliphatic heterocycles. The van der Waals surface area contributed by atoms with Gasteiger partial charge in [-0.15, -0.1) is 29.7 Å². The maximum Gasteiger partial charge on any atom is 0.242 e. The van der Waals surface area contributed by atoms with Gasteiger partial charge < -0.3 is 23.3 Å². The SMILES string of the molecule is [2H]C([2H])([2H])[n+]1[c-]n(-c2[c-]c(Oc3[c-]c4c(cc3)c3ccccc3n4-c3cc(N4c5ccccc5[Si](c5ccccc5)(c5ccccc5)c5ccccc54)ccn3)ccc2)c2ccccc21.[Pt]. The molecule has 3 aromatic heterocycles. The zero-order valence-electron chi connectivity index (χ0n) is 36.6. The molecule has 0 bridgehead atoms. The number of hydrogen-bond donors (Lipinski definition) is 0. The standard InChI is InChI=1S/C55H37N5OSi.Pt/c1-57-38-58(49-26-11-10-25-48(49)57)39-17-16-18-41(35-39)61-42-31-32-46-45-23-8-9-24-47(45)60(52(46)37-42)55-36-40(33-34-56-55)59-50-27-12-14-29-53(50)62(43-19-4-2-5-20-43,44-21-6-3-7-22-44)54-30-15-13-28-51(54)59;/h2-34,36H,1H3;/q-2;/i1D3;. The summed E-state index contributed by atoms with van der Waals surface area (Å²) in [5.74, 6) is 1.68. The first-order chi connectivity index (χ1) is 31.9. The van der Waals surface area contributed by atoms with Gasteiger partial charge in [0.1, 0.15) is 5.82 Å². The zero-order valence-corrected chi connectivity index (χ0v) is 36.9. The van der Waals surface area contributed by atoms with Gasteiger partial charge in [0.2, 0.25) is 6.33 Å². The molecule has 12 rings (SSSR count). The van der Waals surface area contributed by atoms with Gasteiger partial charge in [-0.25, -0.2) is 4.98 Å². The Kier molecular flexibility index (Phi) is 8.71. The van der Waals surface area contributed by atoms with Crippen LogP contribution in [-0.2, 0) is 28.0 Å². The minimum Gasteiger partial charge on any atom is -0.510 e. The largest absolute Gasteiger partial charge is 0.510 e. The van der Waals surface area contributed by atoms with E-state index in [1.54, 1.807) is 10.6 Å².